The Hall–Kier alpha value is -1.66. The molecule has 3 heteroatoms. The predicted octanol–water partition coefficient (Wildman–Crippen LogP) is 2.40. The second kappa shape index (κ2) is 4.46. The van der Waals surface area contributed by atoms with Crippen LogP contribution in [0.5, 0.6) is 0 Å². The van der Waals surface area contributed by atoms with Crippen molar-refractivity contribution < 1.29 is 4.39 Å². The van der Waals surface area contributed by atoms with Crippen molar-refractivity contribution in [2.45, 2.75) is 25.3 Å². The van der Waals surface area contributed by atoms with Crippen LogP contribution in [0.3, 0.4) is 0 Å². The maximum absolute atomic E-state index is 13.4. The molecule has 1 unspecified atom stereocenters. The van der Waals surface area contributed by atoms with Gasteiger partial charge >= 0.3 is 0 Å². The molecule has 0 heterocycles. The van der Waals surface area contributed by atoms with E-state index in [0.29, 0.717) is 12.8 Å². The van der Waals surface area contributed by atoms with Gasteiger partial charge in [-0.15, -0.1) is 0 Å². The van der Waals surface area contributed by atoms with Gasteiger partial charge in [-0.1, -0.05) is 23.8 Å². The molecule has 0 bridgehead atoms. The van der Waals surface area contributed by atoms with Crippen LogP contribution < -0.4 is 5.73 Å². The molecule has 0 saturated heterocycles. The van der Waals surface area contributed by atoms with E-state index in [1.165, 1.54) is 6.07 Å². The molecule has 2 nitrogen and oxygen atoms in total. The van der Waals surface area contributed by atoms with Crippen molar-refractivity contribution >= 4 is 6.08 Å². The first-order chi connectivity index (χ1) is 7.70. The minimum Gasteiger partial charge on any atom is -0.316 e. The van der Waals surface area contributed by atoms with Crippen molar-refractivity contribution in [2.24, 2.45) is 5.73 Å². The fraction of sp³-hybridized carbons (Fsp3) is 0.308. The van der Waals surface area contributed by atoms with Crippen LogP contribution in [0, 0.1) is 17.1 Å². The first-order valence-electron chi connectivity index (χ1n) is 5.32. The number of fused-ring (bicyclic) bond motifs is 1. The van der Waals surface area contributed by atoms with Gasteiger partial charge in [0.1, 0.15) is 5.82 Å². The van der Waals surface area contributed by atoms with E-state index in [9.17, 15) is 4.39 Å². The summed E-state index contributed by atoms with van der Waals surface area (Å²) >= 11 is 0. The molecule has 2 rings (SSSR count). The number of nitriles is 1. The summed E-state index contributed by atoms with van der Waals surface area (Å²) in [7, 11) is 0. The SMILES string of the molecule is N#CC(N)CC1=Cc2cccc(F)c2CC1. The van der Waals surface area contributed by atoms with Crippen LogP contribution in [-0.2, 0) is 6.42 Å². The van der Waals surface area contributed by atoms with Gasteiger partial charge in [-0.25, -0.2) is 4.39 Å². The zero-order chi connectivity index (χ0) is 11.5. The number of nitrogens with two attached hydrogens (primary N) is 1. The second-order valence-corrected chi connectivity index (χ2v) is 4.05. The van der Waals surface area contributed by atoms with Gasteiger partial charge in [0.05, 0.1) is 12.1 Å². The van der Waals surface area contributed by atoms with Gasteiger partial charge in [0.25, 0.3) is 0 Å². The molecular formula is C13H13FN2. The van der Waals surface area contributed by atoms with Crippen LogP contribution in [0.4, 0.5) is 4.39 Å². The van der Waals surface area contributed by atoms with Crippen molar-refractivity contribution in [3.63, 3.8) is 0 Å². The summed E-state index contributed by atoms with van der Waals surface area (Å²) in [5, 5.41) is 8.64. The topological polar surface area (TPSA) is 49.8 Å². The number of hydrogen-bond acceptors (Lipinski definition) is 2. The highest BCUT2D eigenvalue weighted by atomic mass is 19.1. The van der Waals surface area contributed by atoms with E-state index in [1.54, 1.807) is 6.07 Å². The van der Waals surface area contributed by atoms with Crippen LogP contribution in [0.15, 0.2) is 23.8 Å². The standard InChI is InChI=1S/C13H13FN2/c14-13-3-1-2-10-6-9(4-5-12(10)13)7-11(16)8-15/h1-3,6,11H,4-5,7,16H2. The average molecular weight is 216 g/mol. The van der Waals surface area contributed by atoms with Crippen molar-refractivity contribution in [1.29, 1.82) is 5.26 Å². The molecular weight excluding hydrogens is 203 g/mol. The second-order valence-electron chi connectivity index (χ2n) is 4.05. The maximum Gasteiger partial charge on any atom is 0.127 e. The van der Waals surface area contributed by atoms with Crippen LogP contribution in [-0.4, -0.2) is 6.04 Å². The summed E-state index contributed by atoms with van der Waals surface area (Å²) in [6.45, 7) is 0. The fourth-order valence-electron chi connectivity index (χ4n) is 2.04. The molecule has 1 aliphatic carbocycles. The molecule has 0 saturated carbocycles. The van der Waals surface area contributed by atoms with E-state index in [0.717, 1.165) is 23.1 Å². The molecule has 0 aliphatic heterocycles. The van der Waals surface area contributed by atoms with E-state index < -0.39 is 6.04 Å². The molecule has 16 heavy (non-hydrogen) atoms. The highest BCUT2D eigenvalue weighted by molar-refractivity contribution is 5.60. The smallest absolute Gasteiger partial charge is 0.127 e. The molecule has 0 spiro atoms. The van der Waals surface area contributed by atoms with E-state index in [-0.39, 0.29) is 5.82 Å². The van der Waals surface area contributed by atoms with Crippen molar-refractivity contribution in [3.05, 3.63) is 40.7 Å². The average Bonchev–Trinajstić information content (AvgIpc) is 2.29. The highest BCUT2D eigenvalue weighted by Gasteiger charge is 2.15. The largest absolute Gasteiger partial charge is 0.316 e. The quantitative estimate of drug-likeness (QED) is 0.825. The first kappa shape index (κ1) is 10.8. The number of benzene rings is 1. The Balaban J connectivity index is 2.26. The molecule has 82 valence electrons. The molecule has 1 aliphatic rings. The van der Waals surface area contributed by atoms with E-state index in [1.807, 2.05) is 18.2 Å². The lowest BCUT2D eigenvalue weighted by Gasteiger charge is -2.17. The monoisotopic (exact) mass is 216 g/mol. The van der Waals surface area contributed by atoms with Gasteiger partial charge in [-0.2, -0.15) is 5.26 Å². The van der Waals surface area contributed by atoms with Crippen molar-refractivity contribution in [2.75, 3.05) is 0 Å². The molecule has 0 fully saturated rings. The summed E-state index contributed by atoms with van der Waals surface area (Å²) in [4.78, 5) is 0. The van der Waals surface area contributed by atoms with Crippen LogP contribution in [0.1, 0.15) is 24.0 Å². The van der Waals surface area contributed by atoms with Crippen molar-refractivity contribution in [1.82, 2.24) is 0 Å². The van der Waals surface area contributed by atoms with Gasteiger partial charge in [-0.3, -0.25) is 0 Å². The van der Waals surface area contributed by atoms with E-state index in [4.69, 9.17) is 11.0 Å². The zero-order valence-corrected chi connectivity index (χ0v) is 8.91. The molecule has 2 N–H and O–H groups in total. The Kier molecular flexibility index (Phi) is 3.02. The maximum atomic E-state index is 13.4. The zero-order valence-electron chi connectivity index (χ0n) is 8.91. The number of halogens is 1. The van der Waals surface area contributed by atoms with Crippen LogP contribution in [0.25, 0.3) is 6.08 Å². The highest BCUT2D eigenvalue weighted by Crippen LogP contribution is 2.27. The fourth-order valence-corrected chi connectivity index (χ4v) is 2.04. The van der Waals surface area contributed by atoms with E-state index in [2.05, 4.69) is 0 Å². The Bertz CT molecular complexity index is 471. The molecule has 0 aromatic heterocycles. The normalized spacial score (nSPS) is 15.9. The number of nitrogens with zero attached hydrogens (tertiary/aromatic N) is 1. The molecule has 0 amide bonds. The molecule has 1 aromatic carbocycles. The summed E-state index contributed by atoms with van der Waals surface area (Å²) in [5.41, 5.74) is 8.41. The summed E-state index contributed by atoms with van der Waals surface area (Å²) in [6, 6.07) is 6.64. The minimum absolute atomic E-state index is 0.141. The minimum atomic E-state index is -0.457. The lowest BCUT2D eigenvalue weighted by molar-refractivity contribution is 0.604. The van der Waals surface area contributed by atoms with Gasteiger partial charge in [0.15, 0.2) is 0 Å². The predicted molar refractivity (Wildman–Crippen MR) is 60.9 cm³/mol. The Labute approximate surface area is 94.2 Å². The molecule has 1 atom stereocenters. The van der Waals surface area contributed by atoms with Crippen LogP contribution in [0.2, 0.25) is 0 Å². The van der Waals surface area contributed by atoms with E-state index >= 15 is 0 Å². The third-order valence-corrected chi connectivity index (χ3v) is 2.86. The van der Waals surface area contributed by atoms with Crippen molar-refractivity contribution in [3.8, 4) is 6.07 Å². The summed E-state index contributed by atoms with van der Waals surface area (Å²) in [6.07, 6.45) is 4.03. The molecule has 0 radical (unpaired) electrons. The third kappa shape index (κ3) is 2.12. The Morgan fingerprint density at radius 3 is 3.00 bits per heavy atom. The summed E-state index contributed by atoms with van der Waals surface area (Å²) in [5.74, 6) is -0.141. The lowest BCUT2D eigenvalue weighted by atomic mass is 9.89. The van der Waals surface area contributed by atoms with Crippen LogP contribution >= 0.6 is 0 Å². The summed E-state index contributed by atoms with van der Waals surface area (Å²) < 4.78 is 13.4. The Morgan fingerprint density at radius 1 is 1.44 bits per heavy atom. The van der Waals surface area contributed by atoms with Gasteiger partial charge in [0, 0.05) is 0 Å². The first-order valence-corrected chi connectivity index (χ1v) is 5.32. The van der Waals surface area contributed by atoms with Gasteiger partial charge < -0.3 is 5.73 Å². The molecule has 1 aromatic rings. The Morgan fingerprint density at radius 2 is 2.25 bits per heavy atom. The number of hydrogen-bond donors (Lipinski definition) is 1. The van der Waals surface area contributed by atoms with Gasteiger partial charge in [-0.05, 0) is 36.5 Å². The van der Waals surface area contributed by atoms with Gasteiger partial charge in [0.2, 0.25) is 0 Å². The number of rotatable bonds is 2. The third-order valence-electron chi connectivity index (χ3n) is 2.86. The lowest BCUT2D eigenvalue weighted by Crippen LogP contribution is -2.18.